The molecule has 0 radical (unpaired) electrons. The van der Waals surface area contributed by atoms with Gasteiger partial charge >= 0.3 is 0 Å². The predicted molar refractivity (Wildman–Crippen MR) is 102 cm³/mol. The first-order chi connectivity index (χ1) is 12.6. The maximum absolute atomic E-state index is 11.8. The molecule has 134 valence electrons. The van der Waals surface area contributed by atoms with Crippen molar-refractivity contribution < 1.29 is 4.79 Å². The van der Waals surface area contributed by atoms with Crippen molar-refractivity contribution in [2.45, 2.75) is 37.6 Å². The standard InChI is InChI=1S/C19H21N5OS/c20-17(25)16-14-6-7-19(10-15(14)26-18(16)21,13-4-2-1-3-5-13)8-9-24-12-22-11-23-24/h1-5,11-12H,6-10,21H2,(H2,20,25). The fourth-order valence-electron chi connectivity index (χ4n) is 4.04. The second-order valence-electron chi connectivity index (χ2n) is 6.84. The highest BCUT2D eigenvalue weighted by molar-refractivity contribution is 7.16. The molecule has 1 aliphatic carbocycles. The third-order valence-corrected chi connectivity index (χ3v) is 6.45. The second kappa shape index (κ2) is 6.57. The zero-order valence-electron chi connectivity index (χ0n) is 14.4. The van der Waals surface area contributed by atoms with Crippen LogP contribution in [0.15, 0.2) is 43.0 Å². The zero-order valence-corrected chi connectivity index (χ0v) is 15.2. The van der Waals surface area contributed by atoms with Gasteiger partial charge in [-0.05, 0) is 36.8 Å². The third-order valence-electron chi connectivity index (χ3n) is 5.39. The minimum atomic E-state index is -0.421. The van der Waals surface area contributed by atoms with Gasteiger partial charge in [-0.15, -0.1) is 11.3 Å². The van der Waals surface area contributed by atoms with Crippen molar-refractivity contribution in [3.05, 3.63) is 64.6 Å². The van der Waals surface area contributed by atoms with Crippen LogP contribution in [0.1, 0.15) is 39.2 Å². The van der Waals surface area contributed by atoms with E-state index in [1.54, 1.807) is 12.7 Å². The first kappa shape index (κ1) is 16.8. The summed E-state index contributed by atoms with van der Waals surface area (Å²) in [4.78, 5) is 17.0. The first-order valence-electron chi connectivity index (χ1n) is 8.67. The molecule has 4 rings (SSSR count). The lowest BCUT2D eigenvalue weighted by Crippen LogP contribution is -2.34. The van der Waals surface area contributed by atoms with E-state index in [2.05, 4.69) is 34.3 Å². The molecule has 0 bridgehead atoms. The van der Waals surface area contributed by atoms with Crippen LogP contribution >= 0.6 is 11.3 Å². The van der Waals surface area contributed by atoms with Crippen LogP contribution in [0.2, 0.25) is 0 Å². The number of nitrogen functional groups attached to an aromatic ring is 1. The van der Waals surface area contributed by atoms with Crippen molar-refractivity contribution in [1.29, 1.82) is 0 Å². The van der Waals surface area contributed by atoms with E-state index in [-0.39, 0.29) is 5.41 Å². The van der Waals surface area contributed by atoms with Crippen molar-refractivity contribution in [2.75, 3.05) is 5.73 Å². The molecule has 4 N–H and O–H groups in total. The topological polar surface area (TPSA) is 99.8 Å². The monoisotopic (exact) mass is 367 g/mol. The number of thiophene rings is 1. The van der Waals surface area contributed by atoms with E-state index in [4.69, 9.17) is 11.5 Å². The molecular weight excluding hydrogens is 346 g/mol. The quantitative estimate of drug-likeness (QED) is 0.724. The number of nitrogens with zero attached hydrogens (tertiary/aromatic N) is 3. The smallest absolute Gasteiger partial charge is 0.251 e. The molecule has 7 heteroatoms. The number of aryl methyl sites for hydroxylation is 1. The molecule has 1 aliphatic rings. The molecule has 1 amide bonds. The van der Waals surface area contributed by atoms with Gasteiger partial charge < -0.3 is 11.5 Å². The van der Waals surface area contributed by atoms with Crippen LogP contribution in [0.5, 0.6) is 0 Å². The summed E-state index contributed by atoms with van der Waals surface area (Å²) in [6.07, 6.45) is 6.89. The molecule has 6 nitrogen and oxygen atoms in total. The largest absolute Gasteiger partial charge is 0.390 e. The summed E-state index contributed by atoms with van der Waals surface area (Å²) in [7, 11) is 0. The number of carbonyl (C=O) groups is 1. The molecule has 3 aromatic rings. The van der Waals surface area contributed by atoms with E-state index < -0.39 is 5.91 Å². The van der Waals surface area contributed by atoms with E-state index >= 15 is 0 Å². The maximum Gasteiger partial charge on any atom is 0.251 e. The number of hydrogen-bond donors (Lipinski definition) is 2. The van der Waals surface area contributed by atoms with Gasteiger partial charge in [0.25, 0.3) is 5.91 Å². The summed E-state index contributed by atoms with van der Waals surface area (Å²) < 4.78 is 1.87. The van der Waals surface area contributed by atoms with E-state index in [0.29, 0.717) is 10.6 Å². The maximum atomic E-state index is 11.8. The molecule has 1 aromatic carbocycles. The van der Waals surface area contributed by atoms with Gasteiger partial charge in [0.05, 0.1) is 10.6 Å². The number of benzene rings is 1. The molecule has 1 unspecified atom stereocenters. The number of anilines is 1. The summed E-state index contributed by atoms with van der Waals surface area (Å²) in [5.74, 6) is -0.421. The number of fused-ring (bicyclic) bond motifs is 1. The van der Waals surface area contributed by atoms with Gasteiger partial charge in [-0.25, -0.2) is 4.98 Å². The summed E-state index contributed by atoms with van der Waals surface area (Å²) >= 11 is 1.51. The van der Waals surface area contributed by atoms with Crippen LogP contribution in [-0.4, -0.2) is 20.7 Å². The van der Waals surface area contributed by atoms with Crippen molar-refractivity contribution in [1.82, 2.24) is 14.8 Å². The number of primary amides is 1. The van der Waals surface area contributed by atoms with Crippen LogP contribution in [0.25, 0.3) is 0 Å². The Morgan fingerprint density at radius 3 is 2.81 bits per heavy atom. The van der Waals surface area contributed by atoms with Gasteiger partial charge in [0, 0.05) is 16.8 Å². The number of nitrogens with two attached hydrogens (primary N) is 2. The SMILES string of the molecule is NC(=O)c1c(N)sc2c1CCC(CCn1cncn1)(c1ccccc1)C2. The molecule has 1 atom stereocenters. The Balaban J connectivity index is 1.71. The Kier molecular flexibility index (Phi) is 4.24. The van der Waals surface area contributed by atoms with Crippen LogP contribution in [0, 0.1) is 0 Å². The fourth-order valence-corrected chi connectivity index (χ4v) is 5.31. The summed E-state index contributed by atoms with van der Waals surface area (Å²) in [6, 6.07) is 10.6. The molecule has 0 aliphatic heterocycles. The Bertz CT molecular complexity index is 919. The van der Waals surface area contributed by atoms with Crippen LogP contribution in [0.4, 0.5) is 5.00 Å². The molecule has 0 saturated heterocycles. The van der Waals surface area contributed by atoms with Crippen LogP contribution < -0.4 is 11.5 Å². The molecular formula is C19H21N5OS. The molecule has 0 saturated carbocycles. The van der Waals surface area contributed by atoms with Gasteiger partial charge in [-0.2, -0.15) is 5.10 Å². The van der Waals surface area contributed by atoms with Crippen molar-refractivity contribution in [3.63, 3.8) is 0 Å². The van der Waals surface area contributed by atoms with E-state index in [1.807, 2.05) is 10.7 Å². The molecule has 0 fully saturated rings. The summed E-state index contributed by atoms with van der Waals surface area (Å²) in [6.45, 7) is 0.799. The Labute approximate surface area is 155 Å². The Hall–Kier alpha value is -2.67. The lowest BCUT2D eigenvalue weighted by Gasteiger charge is -2.38. The van der Waals surface area contributed by atoms with Gasteiger partial charge in [-0.1, -0.05) is 30.3 Å². The number of rotatable bonds is 5. The molecule has 26 heavy (non-hydrogen) atoms. The average molecular weight is 367 g/mol. The average Bonchev–Trinajstić information content (AvgIpc) is 3.26. The predicted octanol–water partition coefficient (Wildman–Crippen LogP) is 2.54. The lowest BCUT2D eigenvalue weighted by atomic mass is 9.67. The highest BCUT2D eigenvalue weighted by atomic mass is 32.1. The third kappa shape index (κ3) is 2.88. The van der Waals surface area contributed by atoms with Gasteiger partial charge in [0.1, 0.15) is 12.7 Å². The summed E-state index contributed by atoms with van der Waals surface area (Å²) in [5.41, 5.74) is 14.5. The van der Waals surface area contributed by atoms with E-state index in [9.17, 15) is 4.79 Å². The molecule has 0 spiro atoms. The molecule has 2 heterocycles. The normalized spacial score (nSPS) is 19.2. The fraction of sp³-hybridized carbons (Fsp3) is 0.316. The zero-order chi connectivity index (χ0) is 18.1. The molecule has 2 aromatic heterocycles. The Morgan fingerprint density at radius 1 is 1.31 bits per heavy atom. The number of amides is 1. The minimum absolute atomic E-state index is 0.00752. The van der Waals surface area contributed by atoms with Gasteiger partial charge in [0.15, 0.2) is 0 Å². The van der Waals surface area contributed by atoms with Gasteiger partial charge in [0.2, 0.25) is 0 Å². The first-order valence-corrected chi connectivity index (χ1v) is 9.48. The highest BCUT2D eigenvalue weighted by Gasteiger charge is 2.38. The van der Waals surface area contributed by atoms with Crippen molar-refractivity contribution >= 4 is 22.2 Å². The number of aromatic nitrogens is 3. The number of hydrogen-bond acceptors (Lipinski definition) is 5. The highest BCUT2D eigenvalue weighted by Crippen LogP contribution is 2.46. The number of carbonyl (C=O) groups excluding carboxylic acids is 1. The minimum Gasteiger partial charge on any atom is -0.390 e. The second-order valence-corrected chi connectivity index (χ2v) is 7.98. The van der Waals surface area contributed by atoms with Crippen LogP contribution in [0.3, 0.4) is 0 Å². The van der Waals surface area contributed by atoms with E-state index in [0.717, 1.165) is 37.8 Å². The van der Waals surface area contributed by atoms with E-state index in [1.165, 1.54) is 21.8 Å². The van der Waals surface area contributed by atoms with Crippen LogP contribution in [-0.2, 0) is 24.8 Å². The van der Waals surface area contributed by atoms with Gasteiger partial charge in [-0.3, -0.25) is 9.48 Å². The van der Waals surface area contributed by atoms with Crippen molar-refractivity contribution in [2.24, 2.45) is 5.73 Å². The lowest BCUT2D eigenvalue weighted by molar-refractivity contribution is 0.1000. The Morgan fingerprint density at radius 2 is 2.12 bits per heavy atom. The summed E-state index contributed by atoms with van der Waals surface area (Å²) in [5, 5.41) is 4.78. The van der Waals surface area contributed by atoms with Crippen molar-refractivity contribution in [3.8, 4) is 0 Å².